The number of hydrogen-bond donors (Lipinski definition) is 1. The van der Waals surface area contributed by atoms with E-state index in [0.717, 1.165) is 23.3 Å². The average Bonchev–Trinajstić information content (AvgIpc) is 2.44. The smallest absolute Gasteiger partial charge is 0.0739 e. The van der Waals surface area contributed by atoms with Crippen molar-refractivity contribution in [1.82, 2.24) is 20.0 Å². The molecular formula is C11H21BrN4. The van der Waals surface area contributed by atoms with Crippen LogP contribution in [0.2, 0.25) is 0 Å². The summed E-state index contributed by atoms with van der Waals surface area (Å²) in [5.41, 5.74) is 2.24. The van der Waals surface area contributed by atoms with Gasteiger partial charge in [0.05, 0.1) is 15.9 Å². The van der Waals surface area contributed by atoms with E-state index in [1.165, 1.54) is 5.69 Å². The fourth-order valence-electron chi connectivity index (χ4n) is 1.45. The zero-order chi connectivity index (χ0) is 12.3. The molecule has 0 aliphatic rings. The van der Waals surface area contributed by atoms with Crippen molar-refractivity contribution in [3.8, 4) is 0 Å². The lowest BCUT2D eigenvalue weighted by atomic mass is 10.3. The first-order valence-corrected chi connectivity index (χ1v) is 6.28. The molecule has 0 radical (unpaired) electrons. The van der Waals surface area contributed by atoms with Gasteiger partial charge < -0.3 is 10.2 Å². The minimum absolute atomic E-state index is 0.535. The third-order valence-electron chi connectivity index (χ3n) is 2.88. The summed E-state index contributed by atoms with van der Waals surface area (Å²) < 4.78 is 3.03. The maximum absolute atomic E-state index is 4.36. The minimum Gasteiger partial charge on any atom is -0.310 e. The van der Waals surface area contributed by atoms with Crippen LogP contribution in [0.15, 0.2) is 4.47 Å². The second kappa shape index (κ2) is 5.80. The van der Waals surface area contributed by atoms with Crippen LogP contribution in [-0.4, -0.2) is 41.4 Å². The van der Waals surface area contributed by atoms with Crippen LogP contribution >= 0.6 is 15.9 Å². The SMILES string of the molecule is Cc1nn(C)c(CNCC(C)N(C)C)c1Br. The normalized spacial score (nSPS) is 13.4. The van der Waals surface area contributed by atoms with Crippen molar-refractivity contribution < 1.29 is 0 Å². The van der Waals surface area contributed by atoms with Gasteiger partial charge in [-0.3, -0.25) is 4.68 Å². The number of rotatable bonds is 5. The molecular weight excluding hydrogens is 268 g/mol. The zero-order valence-corrected chi connectivity index (χ0v) is 12.3. The van der Waals surface area contributed by atoms with E-state index in [-0.39, 0.29) is 0 Å². The van der Waals surface area contributed by atoms with Gasteiger partial charge in [-0.15, -0.1) is 0 Å². The fourth-order valence-corrected chi connectivity index (χ4v) is 1.93. The second-order valence-corrected chi connectivity index (χ2v) is 5.21. The van der Waals surface area contributed by atoms with Crippen molar-refractivity contribution >= 4 is 15.9 Å². The Morgan fingerprint density at radius 1 is 1.50 bits per heavy atom. The van der Waals surface area contributed by atoms with Crippen LogP contribution in [0.3, 0.4) is 0 Å². The molecule has 4 nitrogen and oxygen atoms in total. The summed E-state index contributed by atoms with van der Waals surface area (Å²) in [5.74, 6) is 0. The van der Waals surface area contributed by atoms with E-state index in [4.69, 9.17) is 0 Å². The first-order chi connectivity index (χ1) is 7.43. The lowest BCUT2D eigenvalue weighted by Gasteiger charge is -2.20. The van der Waals surface area contributed by atoms with Crippen molar-refractivity contribution in [3.63, 3.8) is 0 Å². The molecule has 1 N–H and O–H groups in total. The van der Waals surface area contributed by atoms with Gasteiger partial charge in [0.2, 0.25) is 0 Å². The highest BCUT2D eigenvalue weighted by Crippen LogP contribution is 2.19. The third-order valence-corrected chi connectivity index (χ3v) is 3.91. The number of aromatic nitrogens is 2. The molecule has 0 spiro atoms. The molecule has 5 heteroatoms. The minimum atomic E-state index is 0.535. The maximum atomic E-state index is 4.36. The maximum Gasteiger partial charge on any atom is 0.0739 e. The van der Waals surface area contributed by atoms with Gasteiger partial charge in [0.15, 0.2) is 0 Å². The van der Waals surface area contributed by atoms with Gasteiger partial charge in [-0.25, -0.2) is 0 Å². The van der Waals surface area contributed by atoms with Crippen molar-refractivity contribution in [1.29, 1.82) is 0 Å². The van der Waals surface area contributed by atoms with Crippen LogP contribution < -0.4 is 5.32 Å². The summed E-state index contributed by atoms with van der Waals surface area (Å²) in [5, 5.41) is 7.81. The third kappa shape index (κ3) is 3.30. The molecule has 1 unspecified atom stereocenters. The molecule has 92 valence electrons. The highest BCUT2D eigenvalue weighted by atomic mass is 79.9. The van der Waals surface area contributed by atoms with Gasteiger partial charge >= 0.3 is 0 Å². The van der Waals surface area contributed by atoms with Crippen molar-refractivity contribution in [2.24, 2.45) is 7.05 Å². The molecule has 1 aromatic rings. The molecule has 0 amide bonds. The Labute approximate surface area is 106 Å². The van der Waals surface area contributed by atoms with E-state index in [2.05, 4.69) is 52.3 Å². The fraction of sp³-hybridized carbons (Fsp3) is 0.727. The largest absolute Gasteiger partial charge is 0.310 e. The molecule has 0 aliphatic heterocycles. The highest BCUT2D eigenvalue weighted by Gasteiger charge is 2.10. The van der Waals surface area contributed by atoms with Gasteiger partial charge in [0.25, 0.3) is 0 Å². The predicted molar refractivity (Wildman–Crippen MR) is 70.5 cm³/mol. The molecule has 0 bridgehead atoms. The van der Waals surface area contributed by atoms with Crippen LogP contribution in [0, 0.1) is 6.92 Å². The molecule has 16 heavy (non-hydrogen) atoms. The van der Waals surface area contributed by atoms with Gasteiger partial charge in [-0.1, -0.05) is 0 Å². The molecule has 1 atom stereocenters. The Kier molecular flexibility index (Phi) is 4.95. The van der Waals surface area contributed by atoms with Crippen LogP contribution in [0.25, 0.3) is 0 Å². The molecule has 0 saturated carbocycles. The topological polar surface area (TPSA) is 33.1 Å². The van der Waals surface area contributed by atoms with E-state index in [1.807, 2.05) is 18.7 Å². The summed E-state index contributed by atoms with van der Waals surface area (Å²) >= 11 is 3.56. The number of hydrogen-bond acceptors (Lipinski definition) is 3. The van der Waals surface area contributed by atoms with E-state index >= 15 is 0 Å². The molecule has 0 aromatic carbocycles. The Bertz CT molecular complexity index is 346. The number of nitrogens with one attached hydrogen (secondary N) is 1. The Morgan fingerprint density at radius 2 is 2.12 bits per heavy atom. The zero-order valence-electron chi connectivity index (χ0n) is 10.7. The quantitative estimate of drug-likeness (QED) is 0.892. The Morgan fingerprint density at radius 3 is 2.56 bits per heavy atom. The van der Waals surface area contributed by atoms with Crippen LogP contribution in [0.1, 0.15) is 18.3 Å². The standard InChI is InChI=1S/C11H21BrN4/c1-8(15(3)4)6-13-7-10-11(12)9(2)14-16(10)5/h8,13H,6-7H2,1-5H3. The van der Waals surface area contributed by atoms with Gasteiger partial charge in [0.1, 0.15) is 0 Å². The number of likely N-dealkylation sites (N-methyl/N-ethyl adjacent to an activating group) is 1. The van der Waals surface area contributed by atoms with Crippen LogP contribution in [0.4, 0.5) is 0 Å². The average molecular weight is 289 g/mol. The summed E-state index contributed by atoms with van der Waals surface area (Å²) in [6.07, 6.45) is 0. The highest BCUT2D eigenvalue weighted by molar-refractivity contribution is 9.10. The summed E-state index contributed by atoms with van der Waals surface area (Å²) in [6.45, 7) is 6.03. The molecule has 1 heterocycles. The summed E-state index contributed by atoms with van der Waals surface area (Å²) in [6, 6.07) is 0.535. The van der Waals surface area contributed by atoms with Crippen molar-refractivity contribution in [2.45, 2.75) is 26.4 Å². The number of halogens is 1. The summed E-state index contributed by atoms with van der Waals surface area (Å²) in [4.78, 5) is 2.20. The number of aryl methyl sites for hydroxylation is 2. The van der Waals surface area contributed by atoms with Crippen LogP contribution in [-0.2, 0) is 13.6 Å². The Balaban J connectivity index is 2.49. The predicted octanol–water partition coefficient (Wildman–Crippen LogP) is 1.53. The van der Waals surface area contributed by atoms with E-state index < -0.39 is 0 Å². The van der Waals surface area contributed by atoms with Crippen molar-refractivity contribution in [3.05, 3.63) is 15.9 Å². The van der Waals surface area contributed by atoms with Crippen molar-refractivity contribution in [2.75, 3.05) is 20.6 Å². The van der Waals surface area contributed by atoms with E-state index in [1.54, 1.807) is 0 Å². The van der Waals surface area contributed by atoms with Gasteiger partial charge in [-0.05, 0) is 43.9 Å². The van der Waals surface area contributed by atoms with E-state index in [0.29, 0.717) is 6.04 Å². The molecule has 1 rings (SSSR count). The van der Waals surface area contributed by atoms with Gasteiger partial charge in [0, 0.05) is 26.2 Å². The molecule has 0 fully saturated rings. The second-order valence-electron chi connectivity index (χ2n) is 4.41. The summed E-state index contributed by atoms with van der Waals surface area (Å²) in [7, 11) is 6.16. The Hall–Kier alpha value is -0.390. The lowest BCUT2D eigenvalue weighted by molar-refractivity contribution is 0.302. The monoisotopic (exact) mass is 288 g/mol. The molecule has 1 aromatic heterocycles. The number of nitrogens with zero attached hydrogens (tertiary/aromatic N) is 3. The lowest BCUT2D eigenvalue weighted by Crippen LogP contribution is -2.35. The van der Waals surface area contributed by atoms with E-state index in [9.17, 15) is 0 Å². The molecule has 0 saturated heterocycles. The van der Waals surface area contributed by atoms with Crippen LogP contribution in [0.5, 0.6) is 0 Å². The first-order valence-electron chi connectivity index (χ1n) is 5.48. The molecule has 0 aliphatic carbocycles. The first kappa shape index (κ1) is 13.7. The van der Waals surface area contributed by atoms with Gasteiger partial charge in [-0.2, -0.15) is 5.10 Å².